The third kappa shape index (κ3) is 4.67. The highest BCUT2D eigenvalue weighted by Gasteiger charge is 2.31. The lowest BCUT2D eigenvalue weighted by Crippen LogP contribution is -2.50. The molecule has 4 rings (SSSR count). The highest BCUT2D eigenvalue weighted by Crippen LogP contribution is 2.33. The normalized spacial score (nSPS) is 18.8. The van der Waals surface area contributed by atoms with Gasteiger partial charge < -0.3 is 4.90 Å². The van der Waals surface area contributed by atoms with E-state index < -0.39 is 10.0 Å². The molecule has 1 amide bonds. The number of aryl methyl sites for hydroxylation is 2. The van der Waals surface area contributed by atoms with Crippen molar-refractivity contribution in [3.63, 3.8) is 0 Å². The molecule has 6 nitrogen and oxygen atoms in total. The van der Waals surface area contributed by atoms with Crippen LogP contribution in [0.3, 0.4) is 0 Å². The number of rotatable bonds is 4. The predicted molar refractivity (Wildman–Crippen MR) is 121 cm³/mol. The molecule has 1 aromatic heterocycles. The monoisotopic (exact) mass is 441 g/mol. The Morgan fingerprint density at radius 1 is 0.903 bits per heavy atom. The average molecular weight is 442 g/mol. The molecule has 0 N–H and O–H groups in total. The topological polar surface area (TPSA) is 70.6 Å². The van der Waals surface area contributed by atoms with Gasteiger partial charge in [0.05, 0.1) is 16.2 Å². The van der Waals surface area contributed by atoms with E-state index in [0.717, 1.165) is 5.69 Å². The fourth-order valence-electron chi connectivity index (χ4n) is 4.71. The number of carbonyl (C=O) groups is 1. The van der Waals surface area contributed by atoms with Crippen molar-refractivity contribution in [3.8, 4) is 0 Å². The molecule has 1 aliphatic carbocycles. The summed E-state index contributed by atoms with van der Waals surface area (Å²) in [7, 11) is -3.55. The summed E-state index contributed by atoms with van der Waals surface area (Å²) in [5, 5.41) is 0. The summed E-state index contributed by atoms with van der Waals surface area (Å²) in [6.45, 7) is 5.09. The van der Waals surface area contributed by atoms with Crippen LogP contribution in [0.2, 0.25) is 0 Å². The Balaban J connectivity index is 1.41. The van der Waals surface area contributed by atoms with Gasteiger partial charge in [0, 0.05) is 31.9 Å². The molecule has 2 aliphatic rings. The fourth-order valence-corrected chi connectivity index (χ4v) is 6.13. The van der Waals surface area contributed by atoms with Crippen molar-refractivity contribution in [2.24, 2.45) is 0 Å². The molecule has 1 aromatic carbocycles. The molecule has 2 heterocycles. The zero-order valence-electron chi connectivity index (χ0n) is 18.4. The van der Waals surface area contributed by atoms with Crippen molar-refractivity contribution in [1.29, 1.82) is 0 Å². The molecule has 0 spiro atoms. The summed E-state index contributed by atoms with van der Waals surface area (Å²) in [6, 6.07) is 11.1. The number of hydrogen-bond acceptors (Lipinski definition) is 4. The molecule has 2 aromatic rings. The van der Waals surface area contributed by atoms with E-state index in [0.29, 0.717) is 48.2 Å². The van der Waals surface area contributed by atoms with Crippen molar-refractivity contribution >= 4 is 15.9 Å². The minimum absolute atomic E-state index is 0.0844. The van der Waals surface area contributed by atoms with Crippen LogP contribution >= 0.6 is 0 Å². The maximum atomic E-state index is 13.1. The van der Waals surface area contributed by atoms with Crippen LogP contribution in [-0.4, -0.2) is 54.7 Å². The van der Waals surface area contributed by atoms with Crippen LogP contribution in [0, 0.1) is 13.8 Å². The summed E-state index contributed by atoms with van der Waals surface area (Å²) < 4.78 is 27.7. The molecule has 0 atom stereocenters. The second-order valence-electron chi connectivity index (χ2n) is 8.69. The number of aromatic nitrogens is 1. The van der Waals surface area contributed by atoms with E-state index in [1.807, 2.05) is 32.0 Å². The van der Waals surface area contributed by atoms with Crippen LogP contribution in [-0.2, 0) is 10.0 Å². The maximum Gasteiger partial charge on any atom is 0.255 e. The summed E-state index contributed by atoms with van der Waals surface area (Å²) in [4.78, 5) is 19.3. The first-order valence-electron chi connectivity index (χ1n) is 11.2. The Morgan fingerprint density at radius 3 is 2.16 bits per heavy atom. The van der Waals surface area contributed by atoms with Crippen LogP contribution in [0.4, 0.5) is 0 Å². The van der Waals surface area contributed by atoms with E-state index in [-0.39, 0.29) is 5.91 Å². The molecule has 1 saturated carbocycles. The Bertz CT molecular complexity index is 1040. The number of hydrogen-bond donors (Lipinski definition) is 0. The smallest absolute Gasteiger partial charge is 0.255 e. The highest BCUT2D eigenvalue weighted by molar-refractivity contribution is 7.89. The lowest BCUT2D eigenvalue weighted by molar-refractivity contribution is 0.0696. The zero-order chi connectivity index (χ0) is 22.0. The molecule has 166 valence electrons. The number of amides is 1. The summed E-state index contributed by atoms with van der Waals surface area (Å²) in [6.07, 6.45) is 6.20. The first-order valence-corrected chi connectivity index (χ1v) is 12.6. The van der Waals surface area contributed by atoms with Crippen LogP contribution in [0.25, 0.3) is 0 Å². The van der Waals surface area contributed by atoms with E-state index in [4.69, 9.17) is 0 Å². The number of pyridine rings is 1. The molecule has 0 unspecified atom stereocenters. The zero-order valence-corrected chi connectivity index (χ0v) is 19.2. The molecular weight excluding hydrogens is 410 g/mol. The van der Waals surface area contributed by atoms with E-state index in [1.165, 1.54) is 42.0 Å². The Morgan fingerprint density at radius 2 is 1.55 bits per heavy atom. The standard InChI is InChI=1S/C24H31N3O3S/c1-18-8-13-23(19(2)25-18)24(28)26-14-16-27(17-15-26)31(29,30)22-11-9-21(10-12-22)20-6-4-3-5-7-20/h8-13,20H,3-7,14-17H2,1-2H3. The number of nitrogens with zero attached hydrogens (tertiary/aromatic N) is 3. The largest absolute Gasteiger partial charge is 0.336 e. The molecule has 31 heavy (non-hydrogen) atoms. The molecule has 0 radical (unpaired) electrons. The van der Waals surface area contributed by atoms with Gasteiger partial charge in [0.15, 0.2) is 0 Å². The van der Waals surface area contributed by atoms with Crippen molar-refractivity contribution in [2.45, 2.75) is 56.8 Å². The van der Waals surface area contributed by atoms with E-state index in [2.05, 4.69) is 4.98 Å². The molecule has 7 heteroatoms. The summed E-state index contributed by atoms with van der Waals surface area (Å²) in [5.74, 6) is 0.471. The van der Waals surface area contributed by atoms with Gasteiger partial charge in [-0.3, -0.25) is 9.78 Å². The minimum atomic E-state index is -3.55. The molecule has 1 aliphatic heterocycles. The molecule has 1 saturated heterocycles. The predicted octanol–water partition coefficient (Wildman–Crippen LogP) is 3.89. The van der Waals surface area contributed by atoms with Gasteiger partial charge in [-0.25, -0.2) is 8.42 Å². The van der Waals surface area contributed by atoms with E-state index >= 15 is 0 Å². The Labute approximate surface area is 185 Å². The van der Waals surface area contributed by atoms with Gasteiger partial charge >= 0.3 is 0 Å². The minimum Gasteiger partial charge on any atom is -0.336 e. The maximum absolute atomic E-state index is 13.1. The van der Waals surface area contributed by atoms with Crippen molar-refractivity contribution < 1.29 is 13.2 Å². The van der Waals surface area contributed by atoms with Gasteiger partial charge in [0.25, 0.3) is 5.91 Å². The average Bonchev–Trinajstić information content (AvgIpc) is 2.79. The van der Waals surface area contributed by atoms with Crippen LogP contribution in [0.15, 0.2) is 41.3 Å². The number of piperazine rings is 1. The van der Waals surface area contributed by atoms with Gasteiger partial charge in [-0.1, -0.05) is 31.4 Å². The molecule has 0 bridgehead atoms. The highest BCUT2D eigenvalue weighted by atomic mass is 32.2. The van der Waals surface area contributed by atoms with Gasteiger partial charge in [-0.05, 0) is 62.4 Å². The molecule has 2 fully saturated rings. The van der Waals surface area contributed by atoms with Gasteiger partial charge in [0.2, 0.25) is 10.0 Å². The van der Waals surface area contributed by atoms with Crippen LogP contribution in [0.1, 0.15) is 65.3 Å². The van der Waals surface area contributed by atoms with Crippen molar-refractivity contribution in [1.82, 2.24) is 14.2 Å². The Hall–Kier alpha value is -2.25. The summed E-state index contributed by atoms with van der Waals surface area (Å²) >= 11 is 0. The quantitative estimate of drug-likeness (QED) is 0.722. The second-order valence-corrected chi connectivity index (χ2v) is 10.6. The number of carbonyl (C=O) groups excluding carboxylic acids is 1. The third-order valence-electron chi connectivity index (χ3n) is 6.58. The number of benzene rings is 1. The molecular formula is C24H31N3O3S. The summed E-state index contributed by atoms with van der Waals surface area (Å²) in [5.41, 5.74) is 3.41. The van der Waals surface area contributed by atoms with Crippen LogP contribution in [0.5, 0.6) is 0 Å². The first-order chi connectivity index (χ1) is 14.9. The number of sulfonamides is 1. The third-order valence-corrected chi connectivity index (χ3v) is 8.49. The Kier molecular flexibility index (Phi) is 6.44. The fraction of sp³-hybridized carbons (Fsp3) is 0.500. The van der Waals surface area contributed by atoms with Crippen molar-refractivity contribution in [3.05, 3.63) is 58.9 Å². The SMILES string of the molecule is Cc1ccc(C(=O)N2CCN(S(=O)(=O)c3ccc(C4CCCCC4)cc3)CC2)c(C)n1. The van der Waals surface area contributed by atoms with E-state index in [9.17, 15) is 13.2 Å². The van der Waals surface area contributed by atoms with Crippen LogP contribution < -0.4 is 0 Å². The van der Waals surface area contributed by atoms with E-state index in [1.54, 1.807) is 23.1 Å². The second kappa shape index (κ2) is 9.09. The lowest BCUT2D eigenvalue weighted by atomic mass is 9.84. The van der Waals surface area contributed by atoms with Gasteiger partial charge in [-0.15, -0.1) is 0 Å². The van der Waals surface area contributed by atoms with Gasteiger partial charge in [-0.2, -0.15) is 4.31 Å². The van der Waals surface area contributed by atoms with Gasteiger partial charge in [0.1, 0.15) is 0 Å². The first kappa shape index (κ1) is 22.0. The lowest BCUT2D eigenvalue weighted by Gasteiger charge is -2.34. The van der Waals surface area contributed by atoms with Crippen molar-refractivity contribution in [2.75, 3.05) is 26.2 Å².